The summed E-state index contributed by atoms with van der Waals surface area (Å²) in [6, 6.07) is 1.87. The molecule has 1 saturated heterocycles. The number of carbonyl (C=O) groups is 1. The maximum Gasteiger partial charge on any atom is 0.407 e. The zero-order chi connectivity index (χ0) is 16.9. The monoisotopic (exact) mass is 334 g/mol. The minimum atomic E-state index is -0.502. The Balaban J connectivity index is 2.01. The Morgan fingerprint density at radius 3 is 3.04 bits per heavy atom. The van der Waals surface area contributed by atoms with Crippen molar-refractivity contribution < 1.29 is 9.53 Å². The number of alkyl carbamates (subject to hydrolysis) is 1. The van der Waals surface area contributed by atoms with E-state index in [0.29, 0.717) is 6.54 Å². The van der Waals surface area contributed by atoms with E-state index in [4.69, 9.17) is 10.00 Å². The van der Waals surface area contributed by atoms with E-state index in [1.165, 1.54) is 0 Å². The fourth-order valence-electron chi connectivity index (χ4n) is 2.53. The maximum absolute atomic E-state index is 11.9. The second-order valence-corrected chi connectivity index (χ2v) is 7.29. The van der Waals surface area contributed by atoms with Crippen LogP contribution in [0, 0.1) is 10.7 Å². The molecule has 23 heavy (non-hydrogen) atoms. The highest BCUT2D eigenvalue weighted by Gasteiger charge is 2.25. The van der Waals surface area contributed by atoms with Crippen molar-refractivity contribution in [2.24, 2.45) is 0 Å². The van der Waals surface area contributed by atoms with Crippen molar-refractivity contribution in [2.45, 2.75) is 50.2 Å². The van der Waals surface area contributed by atoms with Gasteiger partial charge in [-0.2, -0.15) is 5.26 Å². The third kappa shape index (κ3) is 5.32. The summed E-state index contributed by atoms with van der Waals surface area (Å²) >= 11 is 1.13. The molecular formula is C16H22N4O2S. The standard InChI is InChI=1S/C16H22N4O2S/c1-16(2,3)22-15(21)19-12-5-4-8-20(10-12)13-9-18-7-6-14(13)23-11-17/h6-7,9,12H,4-5,8,10H2,1-3H3,(H,19,21). The molecule has 1 amide bonds. The van der Waals surface area contributed by atoms with Crippen LogP contribution in [-0.2, 0) is 4.74 Å². The van der Waals surface area contributed by atoms with Crippen LogP contribution in [0.15, 0.2) is 23.4 Å². The van der Waals surface area contributed by atoms with E-state index < -0.39 is 5.60 Å². The lowest BCUT2D eigenvalue weighted by atomic mass is 10.1. The van der Waals surface area contributed by atoms with Gasteiger partial charge < -0.3 is 15.0 Å². The van der Waals surface area contributed by atoms with Crippen LogP contribution in [0.2, 0.25) is 0 Å². The van der Waals surface area contributed by atoms with Crippen LogP contribution in [0.1, 0.15) is 33.6 Å². The highest BCUT2D eigenvalue weighted by molar-refractivity contribution is 8.03. The van der Waals surface area contributed by atoms with Gasteiger partial charge in [-0.25, -0.2) is 4.79 Å². The molecule has 1 aliphatic heterocycles. The van der Waals surface area contributed by atoms with Gasteiger partial charge in [-0.3, -0.25) is 4.98 Å². The second kappa shape index (κ2) is 7.55. The van der Waals surface area contributed by atoms with E-state index in [0.717, 1.165) is 41.7 Å². The predicted octanol–water partition coefficient (Wildman–Crippen LogP) is 3.15. The molecule has 1 N–H and O–H groups in total. The molecule has 0 bridgehead atoms. The van der Waals surface area contributed by atoms with E-state index in [1.807, 2.05) is 26.8 Å². The van der Waals surface area contributed by atoms with Crippen LogP contribution in [-0.4, -0.2) is 35.8 Å². The van der Waals surface area contributed by atoms with Gasteiger partial charge in [0.2, 0.25) is 0 Å². The zero-order valence-corrected chi connectivity index (χ0v) is 14.5. The van der Waals surface area contributed by atoms with Crippen LogP contribution in [0.3, 0.4) is 0 Å². The van der Waals surface area contributed by atoms with E-state index in [1.54, 1.807) is 12.4 Å². The van der Waals surface area contributed by atoms with Crippen molar-refractivity contribution in [3.63, 3.8) is 0 Å². The molecule has 7 heteroatoms. The van der Waals surface area contributed by atoms with E-state index in [2.05, 4.69) is 20.6 Å². The number of piperidine rings is 1. The largest absolute Gasteiger partial charge is 0.444 e. The first kappa shape index (κ1) is 17.4. The predicted molar refractivity (Wildman–Crippen MR) is 90.3 cm³/mol. The Bertz CT molecular complexity index is 594. The number of nitrogens with one attached hydrogen (secondary N) is 1. The summed E-state index contributed by atoms with van der Waals surface area (Å²) in [7, 11) is 0. The molecule has 0 radical (unpaired) electrons. The fraction of sp³-hybridized carbons (Fsp3) is 0.562. The molecule has 0 saturated carbocycles. The minimum Gasteiger partial charge on any atom is -0.444 e. The van der Waals surface area contributed by atoms with Gasteiger partial charge in [-0.1, -0.05) is 0 Å². The molecular weight excluding hydrogens is 312 g/mol. The summed E-state index contributed by atoms with van der Waals surface area (Å²) in [5.41, 5.74) is 0.438. The molecule has 1 aromatic rings. The van der Waals surface area contributed by atoms with Crippen LogP contribution in [0.25, 0.3) is 0 Å². The average Bonchev–Trinajstić information content (AvgIpc) is 2.46. The lowest BCUT2D eigenvalue weighted by Crippen LogP contribution is -2.49. The van der Waals surface area contributed by atoms with Crippen LogP contribution in [0.4, 0.5) is 10.5 Å². The van der Waals surface area contributed by atoms with Gasteiger partial charge in [0.1, 0.15) is 11.0 Å². The number of amides is 1. The van der Waals surface area contributed by atoms with Crippen molar-refractivity contribution in [2.75, 3.05) is 18.0 Å². The highest BCUT2D eigenvalue weighted by atomic mass is 32.2. The number of hydrogen-bond donors (Lipinski definition) is 1. The lowest BCUT2D eigenvalue weighted by Gasteiger charge is -2.35. The molecule has 1 aromatic heterocycles. The Labute approximate surface area is 141 Å². The minimum absolute atomic E-state index is 0.0266. The Kier molecular flexibility index (Phi) is 5.72. The molecule has 6 nitrogen and oxygen atoms in total. The topological polar surface area (TPSA) is 78.2 Å². The van der Waals surface area contributed by atoms with E-state index in [-0.39, 0.29) is 12.1 Å². The summed E-state index contributed by atoms with van der Waals surface area (Å²) in [5.74, 6) is 0. The smallest absolute Gasteiger partial charge is 0.407 e. The Morgan fingerprint density at radius 1 is 1.57 bits per heavy atom. The van der Waals surface area contributed by atoms with Crippen molar-refractivity contribution in [1.29, 1.82) is 5.26 Å². The zero-order valence-electron chi connectivity index (χ0n) is 13.7. The summed E-state index contributed by atoms with van der Waals surface area (Å²) < 4.78 is 5.32. The van der Waals surface area contributed by atoms with Crippen LogP contribution in [0.5, 0.6) is 0 Å². The fourth-order valence-corrected chi connectivity index (χ4v) is 3.05. The average molecular weight is 334 g/mol. The molecule has 1 fully saturated rings. The first-order valence-corrected chi connectivity index (χ1v) is 8.45. The molecule has 2 rings (SSSR count). The highest BCUT2D eigenvalue weighted by Crippen LogP contribution is 2.30. The second-order valence-electron chi connectivity index (χ2n) is 6.47. The number of anilines is 1. The number of aromatic nitrogens is 1. The number of carbonyl (C=O) groups excluding carboxylic acids is 1. The number of rotatable bonds is 3. The summed E-state index contributed by atoms with van der Waals surface area (Å²) in [5, 5.41) is 14.0. The van der Waals surface area contributed by atoms with Gasteiger partial charge in [0.15, 0.2) is 0 Å². The normalized spacial score (nSPS) is 18.2. The molecule has 1 unspecified atom stereocenters. The van der Waals surface area contributed by atoms with Crippen molar-refractivity contribution in [3.05, 3.63) is 18.5 Å². The number of nitriles is 1. The van der Waals surface area contributed by atoms with Gasteiger partial charge in [-0.05, 0) is 51.4 Å². The number of hydrogen-bond acceptors (Lipinski definition) is 6. The number of ether oxygens (including phenoxy) is 1. The number of nitrogens with zero attached hydrogens (tertiary/aromatic N) is 3. The summed E-state index contributed by atoms with van der Waals surface area (Å²) in [6.07, 6.45) is 4.95. The van der Waals surface area contributed by atoms with Gasteiger partial charge in [0, 0.05) is 30.2 Å². The van der Waals surface area contributed by atoms with E-state index >= 15 is 0 Å². The van der Waals surface area contributed by atoms with E-state index in [9.17, 15) is 4.79 Å². The molecule has 0 spiro atoms. The summed E-state index contributed by atoms with van der Waals surface area (Å²) in [6.45, 7) is 7.11. The van der Waals surface area contributed by atoms with Crippen LogP contribution >= 0.6 is 11.8 Å². The first-order chi connectivity index (χ1) is 10.9. The quantitative estimate of drug-likeness (QED) is 0.676. The molecule has 124 valence electrons. The first-order valence-electron chi connectivity index (χ1n) is 7.63. The molecule has 2 heterocycles. The third-order valence-electron chi connectivity index (χ3n) is 3.40. The lowest BCUT2D eigenvalue weighted by molar-refractivity contribution is 0.0500. The van der Waals surface area contributed by atoms with Gasteiger partial charge in [0.05, 0.1) is 11.9 Å². The summed E-state index contributed by atoms with van der Waals surface area (Å²) in [4.78, 5) is 19.1. The third-order valence-corrected chi connectivity index (χ3v) is 4.06. The van der Waals surface area contributed by atoms with Crippen LogP contribution < -0.4 is 10.2 Å². The number of thiocyanates is 1. The van der Waals surface area contributed by atoms with Crippen molar-refractivity contribution in [3.8, 4) is 5.40 Å². The Hall–Kier alpha value is -1.94. The van der Waals surface area contributed by atoms with Crippen molar-refractivity contribution in [1.82, 2.24) is 10.3 Å². The molecule has 0 aliphatic carbocycles. The number of thioether (sulfide) groups is 1. The molecule has 1 atom stereocenters. The SMILES string of the molecule is CC(C)(C)OC(=O)NC1CCCN(c2cnccc2SC#N)C1. The Morgan fingerprint density at radius 2 is 2.35 bits per heavy atom. The molecule has 0 aromatic carbocycles. The maximum atomic E-state index is 11.9. The van der Waals surface area contributed by atoms with Gasteiger partial charge in [-0.15, -0.1) is 0 Å². The van der Waals surface area contributed by atoms with Crippen molar-refractivity contribution >= 4 is 23.5 Å². The van der Waals surface area contributed by atoms with Gasteiger partial charge >= 0.3 is 6.09 Å². The van der Waals surface area contributed by atoms with Gasteiger partial charge in [0.25, 0.3) is 0 Å². The molecule has 1 aliphatic rings. The number of pyridine rings is 1.